The van der Waals surface area contributed by atoms with Crippen LogP contribution in [0.5, 0.6) is 0 Å². The summed E-state index contributed by atoms with van der Waals surface area (Å²) in [5.74, 6) is 0. The van der Waals surface area contributed by atoms with Crippen LogP contribution < -0.4 is 14.3 Å². The van der Waals surface area contributed by atoms with Gasteiger partial charge in [-0.2, -0.15) is 13.5 Å². The van der Waals surface area contributed by atoms with Gasteiger partial charge in [-0.15, -0.1) is 0 Å². The number of methoxy groups -OCH3 is 1. The van der Waals surface area contributed by atoms with Crippen molar-refractivity contribution in [3.05, 3.63) is 40.7 Å². The number of carbonyl (C=O) groups is 1. The van der Waals surface area contributed by atoms with E-state index in [1.54, 1.807) is 18.0 Å². The first-order valence-corrected chi connectivity index (χ1v) is 13.8. The van der Waals surface area contributed by atoms with Crippen molar-refractivity contribution >= 4 is 57.2 Å². The molecule has 0 spiro atoms. The zero-order chi connectivity index (χ0) is 24.4. The number of anilines is 2. The first kappa shape index (κ1) is 27.4. The molecule has 191 valence electrons. The van der Waals surface area contributed by atoms with Crippen molar-refractivity contribution in [3.8, 4) is 0 Å². The fourth-order valence-corrected chi connectivity index (χ4v) is 6.87. The van der Waals surface area contributed by atoms with Crippen molar-refractivity contribution in [2.45, 2.75) is 64.0 Å². The molecule has 0 atom stereocenters. The zero-order valence-electron chi connectivity index (χ0n) is 21.1. The molecule has 1 aromatic heterocycles. The molecule has 0 saturated carbocycles. The molecule has 1 radical (unpaired) electrons. The van der Waals surface area contributed by atoms with E-state index in [2.05, 4.69) is 21.2 Å². The molecule has 0 unspecified atom stereocenters. The van der Waals surface area contributed by atoms with Crippen LogP contribution in [-0.2, 0) is 51.9 Å². The molecule has 2 amide bonds. The summed E-state index contributed by atoms with van der Waals surface area (Å²) in [6, 6.07) is 1.21. The van der Waals surface area contributed by atoms with Crippen molar-refractivity contribution in [1.82, 2.24) is 14.5 Å². The van der Waals surface area contributed by atoms with E-state index in [1.807, 2.05) is 0 Å². The van der Waals surface area contributed by atoms with E-state index in [0.29, 0.717) is 44.9 Å². The largest absolute Gasteiger partial charge is 0.383 e. The number of hydrogen-bond donors (Lipinski definition) is 2. The Labute approximate surface area is 234 Å². The van der Waals surface area contributed by atoms with Gasteiger partial charge in [-0.05, 0) is 73.6 Å². The molecule has 36 heavy (non-hydrogen) atoms. The number of aromatic nitrogens is 2. The topological polar surface area (TPSA) is 115 Å². The number of aryl methyl sites for hydroxylation is 2. The summed E-state index contributed by atoms with van der Waals surface area (Å²) in [5.41, 5.74) is 6.07. The maximum Gasteiger partial charge on any atom is 0.334 e. The maximum absolute atomic E-state index is 13.6. The molecule has 1 fully saturated rings. The number of hydrogen-bond acceptors (Lipinski definition) is 6. The monoisotopic (exact) mass is 526 g/mol. The van der Waals surface area contributed by atoms with Crippen LogP contribution in [0.15, 0.2) is 18.5 Å². The van der Waals surface area contributed by atoms with Crippen LogP contribution in [-0.4, -0.2) is 86.8 Å². The van der Waals surface area contributed by atoms with Gasteiger partial charge in [0, 0.05) is 61.8 Å². The van der Waals surface area contributed by atoms with Crippen LogP contribution in [0.4, 0.5) is 16.2 Å². The van der Waals surface area contributed by atoms with Gasteiger partial charge < -0.3 is 14.8 Å². The molecule has 5 rings (SSSR count). The summed E-state index contributed by atoms with van der Waals surface area (Å²) < 4.78 is 42.9. The van der Waals surface area contributed by atoms with Gasteiger partial charge in [0.1, 0.15) is 0 Å². The van der Waals surface area contributed by atoms with Crippen molar-refractivity contribution in [1.29, 1.82) is 0 Å². The van der Waals surface area contributed by atoms with Crippen LogP contribution in [0.3, 0.4) is 0 Å². The van der Waals surface area contributed by atoms with Gasteiger partial charge in [-0.25, -0.2) is 13.8 Å². The summed E-state index contributed by atoms with van der Waals surface area (Å²) in [6.07, 6.45) is 10.2. The SMILES string of the molecule is COCCn1cc(N(C2CCOCC2)S(=O)(=O)NC(=O)Nc2c3c(cc4c2CCC4)CCC3)cn1.[Na]. The molecule has 2 heterocycles. The third kappa shape index (κ3) is 5.76. The van der Waals surface area contributed by atoms with Gasteiger partial charge in [-0.3, -0.25) is 4.68 Å². The number of benzene rings is 1. The first-order valence-electron chi connectivity index (χ1n) is 12.3. The normalized spacial score (nSPS) is 17.2. The van der Waals surface area contributed by atoms with Gasteiger partial charge in [0.25, 0.3) is 0 Å². The third-order valence-electron chi connectivity index (χ3n) is 7.11. The number of ether oxygens (including phenoxy) is 2. The van der Waals surface area contributed by atoms with E-state index in [0.717, 1.165) is 55.3 Å². The summed E-state index contributed by atoms with van der Waals surface area (Å²) in [5, 5.41) is 7.20. The second kappa shape index (κ2) is 11.8. The average Bonchev–Trinajstić information content (AvgIpc) is 3.59. The zero-order valence-corrected chi connectivity index (χ0v) is 23.9. The van der Waals surface area contributed by atoms with Gasteiger partial charge in [0.05, 0.1) is 31.1 Å². The number of urea groups is 1. The van der Waals surface area contributed by atoms with E-state index < -0.39 is 16.2 Å². The van der Waals surface area contributed by atoms with Crippen molar-refractivity contribution in [2.75, 3.05) is 36.6 Å². The molecule has 2 aromatic rings. The molecular weight excluding hydrogens is 493 g/mol. The Morgan fingerprint density at radius 3 is 2.47 bits per heavy atom. The van der Waals surface area contributed by atoms with Gasteiger partial charge in [0.15, 0.2) is 0 Å². The number of nitrogens with zero attached hydrogens (tertiary/aromatic N) is 3. The van der Waals surface area contributed by atoms with Crippen molar-refractivity contribution < 1.29 is 22.7 Å². The van der Waals surface area contributed by atoms with Crippen LogP contribution in [0.2, 0.25) is 0 Å². The third-order valence-corrected chi connectivity index (χ3v) is 8.58. The maximum atomic E-state index is 13.6. The molecule has 2 aliphatic carbocycles. The van der Waals surface area contributed by atoms with Crippen molar-refractivity contribution in [2.24, 2.45) is 0 Å². The summed E-state index contributed by atoms with van der Waals surface area (Å²) in [6.45, 7) is 1.87. The molecule has 10 nitrogen and oxygen atoms in total. The Morgan fingerprint density at radius 1 is 1.17 bits per heavy atom. The Balaban J connectivity index is 0.00000304. The van der Waals surface area contributed by atoms with E-state index >= 15 is 0 Å². The minimum Gasteiger partial charge on any atom is -0.383 e. The van der Waals surface area contributed by atoms with Crippen LogP contribution >= 0.6 is 0 Å². The summed E-state index contributed by atoms with van der Waals surface area (Å²) in [7, 11) is -2.60. The minimum atomic E-state index is -4.20. The Morgan fingerprint density at radius 2 is 1.83 bits per heavy atom. The molecular formula is C24H33N5NaO5S. The predicted molar refractivity (Wildman–Crippen MR) is 138 cm³/mol. The summed E-state index contributed by atoms with van der Waals surface area (Å²) >= 11 is 0. The summed E-state index contributed by atoms with van der Waals surface area (Å²) in [4.78, 5) is 13.1. The average molecular weight is 527 g/mol. The molecule has 1 aromatic carbocycles. The van der Waals surface area contributed by atoms with Gasteiger partial charge in [-0.1, -0.05) is 6.07 Å². The van der Waals surface area contributed by atoms with Crippen LogP contribution in [0.25, 0.3) is 0 Å². The predicted octanol–water partition coefficient (Wildman–Crippen LogP) is 2.18. The Bertz CT molecular complexity index is 1160. The minimum absolute atomic E-state index is 0. The molecule has 3 aliphatic rings. The number of fused-ring (bicyclic) bond motifs is 2. The van der Waals surface area contributed by atoms with Crippen molar-refractivity contribution in [3.63, 3.8) is 0 Å². The van der Waals surface area contributed by atoms with Crippen LogP contribution in [0.1, 0.15) is 47.9 Å². The Hall–Kier alpha value is -1.63. The van der Waals surface area contributed by atoms with Gasteiger partial charge in [0.2, 0.25) is 0 Å². The number of amides is 2. The fraction of sp³-hybridized carbons (Fsp3) is 0.583. The molecule has 0 bridgehead atoms. The van der Waals surface area contributed by atoms with E-state index in [4.69, 9.17) is 9.47 Å². The fourth-order valence-electron chi connectivity index (χ4n) is 5.51. The molecule has 1 aliphatic heterocycles. The van der Waals surface area contributed by atoms with E-state index in [9.17, 15) is 13.2 Å². The van der Waals surface area contributed by atoms with Gasteiger partial charge >= 0.3 is 16.2 Å². The number of carbonyl (C=O) groups excluding carboxylic acids is 1. The standard InChI is InChI=1S/C24H33N5O5S.Na/c1-33-13-10-28-16-20(15-25-28)29(19-8-11-34-12-9-19)35(31,32)27-24(30)26-23-21-6-2-4-17(21)14-18-5-3-7-22(18)23;/h14-16,19H,2-13H2,1H3,(H2,26,27,30);. The second-order valence-corrected chi connectivity index (χ2v) is 10.9. The first-order chi connectivity index (χ1) is 17.0. The van der Waals surface area contributed by atoms with E-state index in [1.165, 1.54) is 21.6 Å². The Kier molecular flexibility index (Phi) is 9.00. The second-order valence-electron chi connectivity index (χ2n) is 9.39. The quantitative estimate of drug-likeness (QED) is 0.510. The molecule has 1 saturated heterocycles. The van der Waals surface area contributed by atoms with Crippen LogP contribution in [0, 0.1) is 0 Å². The molecule has 12 heteroatoms. The number of nitrogens with one attached hydrogen (secondary N) is 2. The van der Waals surface area contributed by atoms with E-state index in [-0.39, 0.29) is 35.6 Å². The smallest absolute Gasteiger partial charge is 0.334 e. The molecule has 2 N–H and O–H groups in total. The number of rotatable bonds is 8.